The van der Waals surface area contributed by atoms with Gasteiger partial charge in [-0.1, -0.05) is 6.92 Å². The van der Waals surface area contributed by atoms with E-state index in [1.54, 1.807) is 7.11 Å². The van der Waals surface area contributed by atoms with Crippen LogP contribution in [0.15, 0.2) is 12.1 Å². The van der Waals surface area contributed by atoms with Crippen molar-refractivity contribution < 1.29 is 14.3 Å². The van der Waals surface area contributed by atoms with E-state index in [1.807, 2.05) is 25.7 Å². The first-order chi connectivity index (χ1) is 14.7. The second kappa shape index (κ2) is 9.98. The SMILES string of the molecule is CCc1cc(N)c(OC)cc1N1CCC(CN2CCN(C(=O)OC(C)(C)C)CC2)CC1. The molecular formula is C24H40N4O3. The zero-order chi connectivity index (χ0) is 22.6. The van der Waals surface area contributed by atoms with E-state index in [4.69, 9.17) is 15.2 Å². The minimum atomic E-state index is -0.436. The molecule has 0 saturated carbocycles. The van der Waals surface area contributed by atoms with Crippen LogP contribution in [-0.4, -0.2) is 74.4 Å². The highest BCUT2D eigenvalue weighted by Crippen LogP contribution is 2.34. The van der Waals surface area contributed by atoms with E-state index in [-0.39, 0.29) is 6.09 Å². The molecule has 2 aliphatic heterocycles. The monoisotopic (exact) mass is 432 g/mol. The molecule has 2 N–H and O–H groups in total. The number of amides is 1. The standard InChI is InChI=1S/C24H40N4O3/c1-6-19-15-20(25)22(30-5)16-21(19)27-9-7-18(8-10-27)17-26-11-13-28(14-12-26)23(29)31-24(2,3)4/h15-16,18H,6-14,17,25H2,1-5H3. The lowest BCUT2D eigenvalue weighted by Gasteiger charge is -2.40. The van der Waals surface area contributed by atoms with Crippen LogP contribution in [0, 0.1) is 5.92 Å². The molecule has 2 saturated heterocycles. The van der Waals surface area contributed by atoms with Gasteiger partial charge < -0.3 is 25.0 Å². The van der Waals surface area contributed by atoms with E-state index < -0.39 is 5.60 Å². The summed E-state index contributed by atoms with van der Waals surface area (Å²) in [4.78, 5) is 19.1. The number of carbonyl (C=O) groups is 1. The van der Waals surface area contributed by atoms with Crippen LogP contribution < -0.4 is 15.4 Å². The van der Waals surface area contributed by atoms with Crippen molar-refractivity contribution in [3.63, 3.8) is 0 Å². The highest BCUT2D eigenvalue weighted by molar-refractivity contribution is 5.68. The summed E-state index contributed by atoms with van der Waals surface area (Å²) >= 11 is 0. The average molecular weight is 433 g/mol. The van der Waals surface area contributed by atoms with Crippen LogP contribution in [0.2, 0.25) is 0 Å². The number of anilines is 2. The van der Waals surface area contributed by atoms with E-state index in [9.17, 15) is 4.79 Å². The zero-order valence-corrected chi connectivity index (χ0v) is 19.9. The van der Waals surface area contributed by atoms with Crippen molar-refractivity contribution in [2.24, 2.45) is 5.92 Å². The lowest BCUT2D eigenvalue weighted by molar-refractivity contribution is 0.0130. The van der Waals surface area contributed by atoms with Crippen LogP contribution in [-0.2, 0) is 11.2 Å². The third-order valence-corrected chi connectivity index (χ3v) is 6.31. The Labute approximate surface area is 187 Å². The molecule has 7 heteroatoms. The van der Waals surface area contributed by atoms with Gasteiger partial charge in [-0.3, -0.25) is 4.90 Å². The summed E-state index contributed by atoms with van der Waals surface area (Å²) in [7, 11) is 1.68. The van der Waals surface area contributed by atoms with Gasteiger partial charge in [0.2, 0.25) is 0 Å². The third-order valence-electron chi connectivity index (χ3n) is 6.31. The first-order valence-electron chi connectivity index (χ1n) is 11.6. The molecule has 174 valence electrons. The van der Waals surface area contributed by atoms with E-state index >= 15 is 0 Å². The molecule has 0 atom stereocenters. The van der Waals surface area contributed by atoms with Crippen molar-refractivity contribution >= 4 is 17.5 Å². The molecule has 0 radical (unpaired) electrons. The van der Waals surface area contributed by atoms with Gasteiger partial charge in [-0.2, -0.15) is 0 Å². The number of piperidine rings is 1. The predicted octanol–water partition coefficient (Wildman–Crippen LogP) is 3.61. The molecule has 2 heterocycles. The van der Waals surface area contributed by atoms with Gasteiger partial charge in [-0.15, -0.1) is 0 Å². The van der Waals surface area contributed by atoms with Crippen molar-refractivity contribution in [2.45, 2.75) is 52.6 Å². The number of nitrogen functional groups attached to an aromatic ring is 1. The van der Waals surface area contributed by atoms with Gasteiger partial charge in [0.15, 0.2) is 0 Å². The number of nitrogens with two attached hydrogens (primary N) is 1. The first-order valence-corrected chi connectivity index (χ1v) is 11.6. The second-order valence-electron chi connectivity index (χ2n) is 9.77. The Morgan fingerprint density at radius 3 is 2.29 bits per heavy atom. The fourth-order valence-corrected chi connectivity index (χ4v) is 4.55. The Bertz CT molecular complexity index is 746. The van der Waals surface area contributed by atoms with Crippen LogP contribution in [0.5, 0.6) is 5.75 Å². The predicted molar refractivity (Wildman–Crippen MR) is 126 cm³/mol. The minimum Gasteiger partial charge on any atom is -0.495 e. The fraction of sp³-hybridized carbons (Fsp3) is 0.708. The number of carbonyl (C=O) groups excluding carboxylic acids is 1. The Morgan fingerprint density at radius 1 is 1.10 bits per heavy atom. The molecule has 3 rings (SSSR count). The van der Waals surface area contributed by atoms with Crippen molar-refractivity contribution in [3.8, 4) is 5.75 Å². The fourth-order valence-electron chi connectivity index (χ4n) is 4.55. The largest absolute Gasteiger partial charge is 0.495 e. The Hall–Kier alpha value is -2.15. The van der Waals surface area contributed by atoms with E-state index in [0.717, 1.165) is 58.0 Å². The lowest BCUT2D eigenvalue weighted by atomic mass is 9.94. The summed E-state index contributed by atoms with van der Waals surface area (Å²) in [5.41, 5.74) is 8.93. The summed E-state index contributed by atoms with van der Waals surface area (Å²) in [6, 6.07) is 4.16. The first kappa shape index (κ1) is 23.5. The van der Waals surface area contributed by atoms with Gasteiger partial charge in [0.25, 0.3) is 0 Å². The smallest absolute Gasteiger partial charge is 0.410 e. The van der Waals surface area contributed by atoms with Crippen LogP contribution >= 0.6 is 0 Å². The molecule has 1 aromatic carbocycles. The summed E-state index contributed by atoms with van der Waals surface area (Å²) < 4.78 is 11.0. The molecule has 0 aliphatic carbocycles. The number of rotatable bonds is 5. The highest BCUT2D eigenvalue weighted by atomic mass is 16.6. The summed E-state index contributed by atoms with van der Waals surface area (Å²) in [6.45, 7) is 14.5. The number of ether oxygens (including phenoxy) is 2. The van der Waals surface area contributed by atoms with E-state index in [2.05, 4.69) is 28.9 Å². The highest BCUT2D eigenvalue weighted by Gasteiger charge is 2.28. The topological polar surface area (TPSA) is 71.3 Å². The molecular weight excluding hydrogens is 392 g/mol. The minimum absolute atomic E-state index is 0.189. The normalized spacial score (nSPS) is 18.9. The van der Waals surface area contributed by atoms with Crippen LogP contribution in [0.25, 0.3) is 0 Å². The maximum absolute atomic E-state index is 12.3. The maximum Gasteiger partial charge on any atom is 0.410 e. The molecule has 31 heavy (non-hydrogen) atoms. The molecule has 0 unspecified atom stereocenters. The number of hydrogen-bond acceptors (Lipinski definition) is 6. The van der Waals surface area contributed by atoms with Crippen LogP contribution in [0.4, 0.5) is 16.2 Å². The van der Waals surface area contributed by atoms with Crippen LogP contribution in [0.1, 0.15) is 46.1 Å². The number of hydrogen-bond donors (Lipinski definition) is 1. The number of piperazine rings is 1. The maximum atomic E-state index is 12.3. The van der Waals surface area contributed by atoms with Crippen molar-refractivity contribution in [1.82, 2.24) is 9.80 Å². The Kier molecular flexibility index (Phi) is 7.57. The van der Waals surface area contributed by atoms with Crippen LogP contribution in [0.3, 0.4) is 0 Å². The van der Waals surface area contributed by atoms with Gasteiger partial charge in [-0.25, -0.2) is 4.79 Å². The number of benzene rings is 1. The van der Waals surface area contributed by atoms with Gasteiger partial charge in [0, 0.05) is 57.6 Å². The number of aryl methyl sites for hydroxylation is 1. The van der Waals surface area contributed by atoms with Crippen molar-refractivity contribution in [2.75, 3.05) is 63.6 Å². The van der Waals surface area contributed by atoms with Gasteiger partial charge in [-0.05, 0) is 57.6 Å². The number of methoxy groups -OCH3 is 1. The van der Waals surface area contributed by atoms with Gasteiger partial charge >= 0.3 is 6.09 Å². The van der Waals surface area contributed by atoms with Gasteiger partial charge in [0.05, 0.1) is 12.8 Å². The summed E-state index contributed by atoms with van der Waals surface area (Å²) in [6.07, 6.45) is 3.14. The quantitative estimate of drug-likeness (QED) is 0.717. The number of nitrogens with zero attached hydrogens (tertiary/aromatic N) is 3. The van der Waals surface area contributed by atoms with Crippen molar-refractivity contribution in [1.29, 1.82) is 0 Å². The lowest BCUT2D eigenvalue weighted by Crippen LogP contribution is -2.51. The van der Waals surface area contributed by atoms with E-state index in [1.165, 1.54) is 24.1 Å². The van der Waals surface area contributed by atoms with E-state index in [0.29, 0.717) is 11.6 Å². The molecule has 2 fully saturated rings. The second-order valence-corrected chi connectivity index (χ2v) is 9.77. The Morgan fingerprint density at radius 2 is 1.74 bits per heavy atom. The third kappa shape index (κ3) is 6.19. The summed E-state index contributed by atoms with van der Waals surface area (Å²) in [5.74, 6) is 1.46. The van der Waals surface area contributed by atoms with Gasteiger partial charge in [0.1, 0.15) is 11.4 Å². The summed E-state index contributed by atoms with van der Waals surface area (Å²) in [5, 5.41) is 0. The molecule has 1 aromatic rings. The Balaban J connectivity index is 1.48. The molecule has 0 spiro atoms. The molecule has 2 aliphatic rings. The zero-order valence-electron chi connectivity index (χ0n) is 19.9. The van der Waals surface area contributed by atoms with Crippen molar-refractivity contribution in [3.05, 3.63) is 17.7 Å². The molecule has 7 nitrogen and oxygen atoms in total. The average Bonchev–Trinajstić information content (AvgIpc) is 2.73. The molecule has 1 amide bonds. The molecule has 0 bridgehead atoms. The molecule has 0 aromatic heterocycles.